The predicted octanol–water partition coefficient (Wildman–Crippen LogP) is 5.18. The van der Waals surface area contributed by atoms with Crippen molar-refractivity contribution in [1.82, 2.24) is 4.90 Å². The van der Waals surface area contributed by atoms with Gasteiger partial charge in [0.1, 0.15) is 18.1 Å². The molecule has 1 amide bonds. The van der Waals surface area contributed by atoms with Gasteiger partial charge in [0.2, 0.25) is 0 Å². The van der Waals surface area contributed by atoms with Crippen LogP contribution in [-0.2, 0) is 9.53 Å². The summed E-state index contributed by atoms with van der Waals surface area (Å²) in [5.41, 5.74) is 5.77. The van der Waals surface area contributed by atoms with Gasteiger partial charge in [0, 0.05) is 48.9 Å². The summed E-state index contributed by atoms with van der Waals surface area (Å²) >= 11 is 0. The molecule has 1 N–H and O–H groups in total. The van der Waals surface area contributed by atoms with E-state index in [4.69, 9.17) is 14.2 Å². The van der Waals surface area contributed by atoms with E-state index < -0.39 is 0 Å². The zero-order valence-electron chi connectivity index (χ0n) is 20.7. The molecule has 6 nitrogen and oxygen atoms in total. The number of hydrogen-bond acceptors (Lipinski definition) is 5. The quantitative estimate of drug-likeness (QED) is 0.501. The molecule has 6 heteroatoms. The summed E-state index contributed by atoms with van der Waals surface area (Å²) < 4.78 is 17.3. The Morgan fingerprint density at radius 2 is 1.78 bits per heavy atom. The highest BCUT2D eigenvalue weighted by Crippen LogP contribution is 2.31. The zero-order chi connectivity index (χ0) is 24.7. The number of amides is 1. The first-order chi connectivity index (χ1) is 17.6. The van der Waals surface area contributed by atoms with Crippen molar-refractivity contribution in [1.29, 1.82) is 0 Å². The number of aryl methyl sites for hydroxylation is 1. The SMILES string of the molecule is Cc1ccc(-c2ccc3c(c2)C=C(C(=O)Nc2cccc(OCCN4CCOCC4)c2)CCO3)cc1. The predicted molar refractivity (Wildman–Crippen MR) is 143 cm³/mol. The highest BCUT2D eigenvalue weighted by molar-refractivity contribution is 6.07. The Morgan fingerprint density at radius 1 is 0.972 bits per heavy atom. The number of anilines is 1. The summed E-state index contributed by atoms with van der Waals surface area (Å²) in [7, 11) is 0. The lowest BCUT2D eigenvalue weighted by molar-refractivity contribution is -0.113. The van der Waals surface area contributed by atoms with Crippen LogP contribution >= 0.6 is 0 Å². The lowest BCUT2D eigenvalue weighted by atomic mass is 10.00. The number of carbonyl (C=O) groups excluding carboxylic acids is 1. The highest BCUT2D eigenvalue weighted by Gasteiger charge is 2.17. The Balaban J connectivity index is 1.25. The normalized spacial score (nSPS) is 15.8. The van der Waals surface area contributed by atoms with Gasteiger partial charge in [-0.25, -0.2) is 0 Å². The van der Waals surface area contributed by atoms with Crippen LogP contribution in [0, 0.1) is 6.92 Å². The van der Waals surface area contributed by atoms with Crippen LogP contribution in [0.2, 0.25) is 0 Å². The van der Waals surface area contributed by atoms with Gasteiger partial charge in [-0.15, -0.1) is 0 Å². The lowest BCUT2D eigenvalue weighted by Crippen LogP contribution is -2.38. The fraction of sp³-hybridized carbons (Fsp3) is 0.300. The van der Waals surface area contributed by atoms with E-state index >= 15 is 0 Å². The number of benzene rings is 3. The largest absolute Gasteiger partial charge is 0.493 e. The Bertz CT molecular complexity index is 1230. The number of hydrogen-bond donors (Lipinski definition) is 1. The molecular weight excluding hydrogens is 452 g/mol. The molecule has 0 spiro atoms. The van der Waals surface area contributed by atoms with Crippen molar-refractivity contribution < 1.29 is 19.0 Å². The first kappa shape index (κ1) is 24.1. The number of fused-ring (bicyclic) bond motifs is 1. The van der Waals surface area contributed by atoms with Crippen LogP contribution in [-0.4, -0.2) is 56.9 Å². The van der Waals surface area contributed by atoms with Crippen LogP contribution in [0.3, 0.4) is 0 Å². The second-order valence-corrected chi connectivity index (χ2v) is 9.17. The minimum absolute atomic E-state index is 0.127. The van der Waals surface area contributed by atoms with E-state index in [9.17, 15) is 4.79 Å². The molecule has 36 heavy (non-hydrogen) atoms. The number of nitrogens with zero attached hydrogens (tertiary/aromatic N) is 1. The van der Waals surface area contributed by atoms with Gasteiger partial charge >= 0.3 is 0 Å². The van der Waals surface area contributed by atoms with Crippen molar-refractivity contribution in [3.05, 3.63) is 83.4 Å². The second-order valence-electron chi connectivity index (χ2n) is 9.17. The fourth-order valence-electron chi connectivity index (χ4n) is 4.42. The maximum atomic E-state index is 13.2. The maximum Gasteiger partial charge on any atom is 0.251 e. The molecular formula is C30H32N2O4. The Kier molecular flexibility index (Phi) is 7.64. The van der Waals surface area contributed by atoms with Crippen molar-refractivity contribution in [3.63, 3.8) is 0 Å². The average molecular weight is 485 g/mol. The molecule has 0 unspecified atom stereocenters. The van der Waals surface area contributed by atoms with Crippen molar-refractivity contribution >= 4 is 17.7 Å². The van der Waals surface area contributed by atoms with E-state index in [1.807, 2.05) is 36.4 Å². The summed E-state index contributed by atoms with van der Waals surface area (Å²) in [6.07, 6.45) is 2.48. The minimum Gasteiger partial charge on any atom is -0.493 e. The number of nitrogens with one attached hydrogen (secondary N) is 1. The van der Waals surface area contributed by atoms with Crippen molar-refractivity contribution in [2.75, 3.05) is 51.4 Å². The van der Waals surface area contributed by atoms with Crippen LogP contribution in [0.4, 0.5) is 5.69 Å². The van der Waals surface area contributed by atoms with Gasteiger partial charge in [-0.2, -0.15) is 0 Å². The fourth-order valence-corrected chi connectivity index (χ4v) is 4.42. The monoisotopic (exact) mass is 484 g/mol. The molecule has 1 fully saturated rings. The van der Waals surface area contributed by atoms with Crippen molar-refractivity contribution in [2.45, 2.75) is 13.3 Å². The molecule has 2 aliphatic heterocycles. The molecule has 0 bridgehead atoms. The number of carbonyl (C=O) groups is 1. The van der Waals surface area contributed by atoms with E-state index in [-0.39, 0.29) is 5.91 Å². The van der Waals surface area contributed by atoms with Gasteiger partial charge in [-0.3, -0.25) is 9.69 Å². The van der Waals surface area contributed by atoms with Gasteiger partial charge in [0.25, 0.3) is 5.91 Å². The Hall–Kier alpha value is -3.61. The maximum absolute atomic E-state index is 13.2. The Morgan fingerprint density at radius 3 is 2.61 bits per heavy atom. The molecule has 0 radical (unpaired) electrons. The molecule has 3 aromatic rings. The first-order valence-electron chi connectivity index (χ1n) is 12.5. The molecule has 186 valence electrons. The average Bonchev–Trinajstić information content (AvgIpc) is 3.12. The number of ether oxygens (including phenoxy) is 3. The summed E-state index contributed by atoms with van der Waals surface area (Å²) in [6, 6.07) is 22.1. The second kappa shape index (κ2) is 11.4. The highest BCUT2D eigenvalue weighted by atomic mass is 16.5. The van der Waals surface area contributed by atoms with Crippen molar-refractivity contribution in [3.8, 4) is 22.6 Å². The molecule has 1 saturated heterocycles. The van der Waals surface area contributed by atoms with E-state index in [0.29, 0.717) is 30.9 Å². The van der Waals surface area contributed by atoms with E-state index in [2.05, 4.69) is 53.5 Å². The third kappa shape index (κ3) is 6.14. The summed E-state index contributed by atoms with van der Waals surface area (Å²) in [6.45, 7) is 7.43. The Labute approximate surface area is 212 Å². The number of rotatable bonds is 7. The van der Waals surface area contributed by atoms with Gasteiger partial charge in [0.15, 0.2) is 0 Å². The summed E-state index contributed by atoms with van der Waals surface area (Å²) in [5, 5.41) is 3.03. The van der Waals surface area contributed by atoms with Gasteiger partial charge in [-0.05, 0) is 48.4 Å². The van der Waals surface area contributed by atoms with Crippen LogP contribution < -0.4 is 14.8 Å². The molecule has 5 rings (SSSR count). The van der Waals surface area contributed by atoms with E-state index in [1.165, 1.54) is 5.56 Å². The first-order valence-corrected chi connectivity index (χ1v) is 12.5. The summed E-state index contributed by atoms with van der Waals surface area (Å²) in [4.78, 5) is 15.5. The molecule has 0 atom stereocenters. The summed E-state index contributed by atoms with van der Waals surface area (Å²) in [5.74, 6) is 1.41. The molecule has 0 saturated carbocycles. The van der Waals surface area contributed by atoms with Crippen LogP contribution in [0.1, 0.15) is 17.5 Å². The molecule has 2 aliphatic rings. The van der Waals surface area contributed by atoms with Crippen LogP contribution in [0.15, 0.2) is 72.3 Å². The van der Waals surface area contributed by atoms with E-state index in [1.54, 1.807) is 0 Å². The zero-order valence-corrected chi connectivity index (χ0v) is 20.7. The molecule has 0 aliphatic carbocycles. The van der Waals surface area contributed by atoms with Crippen LogP contribution in [0.25, 0.3) is 17.2 Å². The third-order valence-electron chi connectivity index (χ3n) is 6.52. The molecule has 0 aromatic heterocycles. The van der Waals surface area contributed by atoms with Gasteiger partial charge < -0.3 is 19.5 Å². The standard InChI is InChI=1S/C30H32N2O4/c1-22-5-7-23(8-6-22)24-9-10-29-26(19-24)20-25(11-15-36-29)30(33)31-27-3-2-4-28(21-27)35-18-14-32-12-16-34-17-13-32/h2-10,19-21H,11-18H2,1H3,(H,31,33). The number of morpholine rings is 1. The topological polar surface area (TPSA) is 60.0 Å². The van der Waals surface area contributed by atoms with Gasteiger partial charge in [0.05, 0.1) is 19.8 Å². The minimum atomic E-state index is -0.127. The van der Waals surface area contributed by atoms with Gasteiger partial charge in [-0.1, -0.05) is 42.0 Å². The molecule has 2 heterocycles. The lowest BCUT2D eigenvalue weighted by Gasteiger charge is -2.26. The van der Waals surface area contributed by atoms with E-state index in [0.717, 1.165) is 61.0 Å². The smallest absolute Gasteiger partial charge is 0.251 e. The molecule has 3 aromatic carbocycles. The van der Waals surface area contributed by atoms with Crippen molar-refractivity contribution in [2.24, 2.45) is 0 Å². The van der Waals surface area contributed by atoms with Crippen LogP contribution in [0.5, 0.6) is 11.5 Å². The third-order valence-corrected chi connectivity index (χ3v) is 6.52.